The smallest absolute Gasteiger partial charge is 0.191 e. The summed E-state index contributed by atoms with van der Waals surface area (Å²) in [5.41, 5.74) is 1.06. The number of likely N-dealkylation sites (tertiary alicyclic amines) is 1. The number of halogens is 2. The Bertz CT molecular complexity index is 666. The van der Waals surface area contributed by atoms with Crippen LogP contribution in [-0.2, 0) is 0 Å². The molecular weight excluding hydrogens is 501 g/mol. The molecule has 0 radical (unpaired) electrons. The summed E-state index contributed by atoms with van der Waals surface area (Å²) >= 11 is 6.21. The topological polar surface area (TPSA) is 52.1 Å². The zero-order valence-corrected chi connectivity index (χ0v) is 20.9. The molecule has 1 unspecified atom stereocenters. The third kappa shape index (κ3) is 7.07. The number of methoxy groups -OCH3 is 1. The highest BCUT2D eigenvalue weighted by Gasteiger charge is 2.26. The van der Waals surface area contributed by atoms with Crippen molar-refractivity contribution in [3.8, 4) is 5.75 Å². The van der Waals surface area contributed by atoms with Gasteiger partial charge in [-0.25, -0.2) is 0 Å². The van der Waals surface area contributed by atoms with E-state index in [-0.39, 0.29) is 24.0 Å². The summed E-state index contributed by atoms with van der Waals surface area (Å²) in [4.78, 5) is 9.62. The van der Waals surface area contributed by atoms with Crippen molar-refractivity contribution >= 4 is 47.2 Å². The molecule has 1 aromatic carbocycles. The minimum absolute atomic E-state index is 0. The van der Waals surface area contributed by atoms with Gasteiger partial charge in [-0.15, -0.1) is 24.0 Å². The first-order chi connectivity index (χ1) is 13.6. The van der Waals surface area contributed by atoms with Gasteiger partial charge in [0.05, 0.1) is 12.8 Å². The fraction of sp³-hybridized carbons (Fsp3) is 0.667. The predicted octanol–water partition coefficient (Wildman–Crippen LogP) is 3.44. The van der Waals surface area contributed by atoms with Gasteiger partial charge in [0, 0.05) is 37.2 Å². The largest absolute Gasteiger partial charge is 0.495 e. The van der Waals surface area contributed by atoms with Crippen LogP contribution in [0.15, 0.2) is 23.2 Å². The molecule has 1 aromatic rings. The molecule has 164 valence electrons. The second-order valence-electron chi connectivity index (χ2n) is 7.86. The number of nitrogens with zero attached hydrogens (tertiary/aromatic N) is 3. The van der Waals surface area contributed by atoms with Crippen molar-refractivity contribution in [2.75, 3.05) is 58.3 Å². The molecule has 0 aliphatic carbocycles. The fourth-order valence-corrected chi connectivity index (χ4v) is 4.15. The molecule has 0 amide bonds. The highest BCUT2D eigenvalue weighted by atomic mass is 127. The van der Waals surface area contributed by atoms with Gasteiger partial charge in [0.25, 0.3) is 0 Å². The van der Waals surface area contributed by atoms with Crippen molar-refractivity contribution in [1.82, 2.24) is 15.5 Å². The van der Waals surface area contributed by atoms with Crippen LogP contribution in [0.2, 0.25) is 5.02 Å². The van der Waals surface area contributed by atoms with Gasteiger partial charge >= 0.3 is 0 Å². The van der Waals surface area contributed by atoms with Crippen molar-refractivity contribution in [3.63, 3.8) is 0 Å². The minimum Gasteiger partial charge on any atom is -0.495 e. The van der Waals surface area contributed by atoms with Crippen LogP contribution in [0.5, 0.6) is 5.75 Å². The van der Waals surface area contributed by atoms with E-state index in [0.29, 0.717) is 12.0 Å². The van der Waals surface area contributed by atoms with Gasteiger partial charge in [-0.2, -0.15) is 0 Å². The van der Waals surface area contributed by atoms with Crippen LogP contribution in [0.3, 0.4) is 0 Å². The molecule has 2 heterocycles. The van der Waals surface area contributed by atoms with E-state index >= 15 is 0 Å². The lowest BCUT2D eigenvalue weighted by molar-refractivity contribution is 0.223. The molecule has 2 fully saturated rings. The highest BCUT2D eigenvalue weighted by Crippen LogP contribution is 2.33. The van der Waals surface area contributed by atoms with E-state index in [4.69, 9.17) is 21.3 Å². The van der Waals surface area contributed by atoms with Crippen molar-refractivity contribution in [2.24, 2.45) is 10.9 Å². The van der Waals surface area contributed by atoms with Crippen LogP contribution in [0.1, 0.15) is 26.2 Å². The Morgan fingerprint density at radius 2 is 2.00 bits per heavy atom. The van der Waals surface area contributed by atoms with E-state index in [9.17, 15) is 0 Å². The van der Waals surface area contributed by atoms with Crippen LogP contribution in [-0.4, -0.2) is 70.3 Å². The van der Waals surface area contributed by atoms with Crippen LogP contribution >= 0.6 is 35.6 Å². The zero-order valence-electron chi connectivity index (χ0n) is 17.8. The van der Waals surface area contributed by atoms with Crippen LogP contribution in [0.4, 0.5) is 5.69 Å². The second kappa shape index (κ2) is 12.1. The average molecular weight is 536 g/mol. The van der Waals surface area contributed by atoms with E-state index in [0.717, 1.165) is 55.0 Å². The molecule has 0 saturated carbocycles. The molecule has 3 rings (SSSR count). The quantitative estimate of drug-likeness (QED) is 0.332. The van der Waals surface area contributed by atoms with Gasteiger partial charge in [-0.05, 0) is 70.4 Å². The van der Waals surface area contributed by atoms with Crippen molar-refractivity contribution in [3.05, 3.63) is 23.2 Å². The van der Waals surface area contributed by atoms with E-state index in [2.05, 4.69) is 34.4 Å². The molecule has 0 aromatic heterocycles. The average Bonchev–Trinajstić information content (AvgIpc) is 3.16. The molecule has 2 N–H and O–H groups in total. The summed E-state index contributed by atoms with van der Waals surface area (Å²) in [6.45, 7) is 8.15. The molecular formula is C21H35ClIN5O. The van der Waals surface area contributed by atoms with Crippen LogP contribution in [0, 0.1) is 5.92 Å². The Balaban J connectivity index is 0.00000300. The second-order valence-corrected chi connectivity index (χ2v) is 8.29. The fourth-order valence-electron chi connectivity index (χ4n) is 3.99. The third-order valence-corrected chi connectivity index (χ3v) is 5.94. The maximum Gasteiger partial charge on any atom is 0.191 e. The van der Waals surface area contributed by atoms with Crippen LogP contribution < -0.4 is 20.3 Å². The number of benzene rings is 1. The van der Waals surface area contributed by atoms with Crippen molar-refractivity contribution in [1.29, 1.82) is 0 Å². The summed E-state index contributed by atoms with van der Waals surface area (Å²) in [6.07, 6.45) is 3.55. The first kappa shape index (κ1) is 24.3. The summed E-state index contributed by atoms with van der Waals surface area (Å²) in [5.74, 6) is 2.50. The zero-order chi connectivity index (χ0) is 19.9. The number of anilines is 1. The Morgan fingerprint density at radius 3 is 2.69 bits per heavy atom. The molecule has 2 saturated heterocycles. The van der Waals surface area contributed by atoms with Gasteiger partial charge in [0.2, 0.25) is 0 Å². The normalized spacial score (nSPS) is 21.0. The van der Waals surface area contributed by atoms with Gasteiger partial charge in [-0.1, -0.05) is 11.6 Å². The highest BCUT2D eigenvalue weighted by molar-refractivity contribution is 14.0. The Labute approximate surface area is 197 Å². The van der Waals surface area contributed by atoms with Gasteiger partial charge in [0.15, 0.2) is 5.96 Å². The van der Waals surface area contributed by atoms with Gasteiger partial charge in [0.1, 0.15) is 5.75 Å². The first-order valence-electron chi connectivity index (χ1n) is 10.4. The summed E-state index contributed by atoms with van der Waals surface area (Å²) in [7, 11) is 3.91. The summed E-state index contributed by atoms with van der Waals surface area (Å²) < 4.78 is 5.52. The molecule has 0 bridgehead atoms. The number of ether oxygens (including phenoxy) is 1. The molecule has 0 spiro atoms. The summed E-state index contributed by atoms with van der Waals surface area (Å²) in [5, 5.41) is 7.77. The molecule has 8 heteroatoms. The molecule has 1 atom stereocenters. The lowest BCUT2D eigenvalue weighted by Crippen LogP contribution is -2.45. The van der Waals surface area contributed by atoms with Gasteiger partial charge < -0.3 is 25.2 Å². The predicted molar refractivity (Wildman–Crippen MR) is 133 cm³/mol. The Hall–Kier alpha value is -0.930. The minimum atomic E-state index is 0. The first-order valence-corrected chi connectivity index (χ1v) is 10.8. The SMILES string of the molecule is CCNC(=NCC1CCN(C)CC1)NC1CCN(c2cc(Cl)ccc2OC)C1.I. The van der Waals surface area contributed by atoms with E-state index in [1.165, 1.54) is 25.9 Å². The number of rotatable bonds is 6. The monoisotopic (exact) mass is 535 g/mol. The Kier molecular flexibility index (Phi) is 10.1. The van der Waals surface area contributed by atoms with E-state index in [1.54, 1.807) is 7.11 Å². The van der Waals surface area contributed by atoms with E-state index < -0.39 is 0 Å². The number of aliphatic imine (C=N–C) groups is 1. The number of nitrogens with one attached hydrogen (secondary N) is 2. The van der Waals surface area contributed by atoms with Crippen molar-refractivity contribution in [2.45, 2.75) is 32.2 Å². The number of guanidine groups is 1. The Morgan fingerprint density at radius 1 is 1.24 bits per heavy atom. The van der Waals surface area contributed by atoms with E-state index in [1.807, 2.05) is 18.2 Å². The number of piperidine rings is 1. The molecule has 6 nitrogen and oxygen atoms in total. The van der Waals surface area contributed by atoms with Crippen LogP contribution in [0.25, 0.3) is 0 Å². The lowest BCUT2D eigenvalue weighted by Gasteiger charge is -2.28. The lowest BCUT2D eigenvalue weighted by atomic mass is 9.97. The maximum absolute atomic E-state index is 6.21. The summed E-state index contributed by atoms with van der Waals surface area (Å²) in [6, 6.07) is 6.15. The van der Waals surface area contributed by atoms with Gasteiger partial charge in [-0.3, -0.25) is 4.99 Å². The number of hydrogen-bond acceptors (Lipinski definition) is 4. The molecule has 2 aliphatic rings. The third-order valence-electron chi connectivity index (χ3n) is 5.70. The molecule has 29 heavy (non-hydrogen) atoms. The molecule has 2 aliphatic heterocycles. The van der Waals surface area contributed by atoms with Crippen molar-refractivity contribution < 1.29 is 4.74 Å². The standard InChI is InChI=1S/C21H34ClN5O.HI/c1-4-23-21(24-14-16-7-10-26(2)11-8-16)25-18-9-12-27(15-18)19-13-17(22)5-6-20(19)28-3;/h5-6,13,16,18H,4,7-12,14-15H2,1-3H3,(H2,23,24,25);1H. The maximum atomic E-state index is 6.21. The number of hydrogen-bond donors (Lipinski definition) is 2.